The zero-order valence-electron chi connectivity index (χ0n) is 19.2. The van der Waals surface area contributed by atoms with E-state index in [9.17, 15) is 4.79 Å². The normalized spacial score (nSPS) is 15.7. The van der Waals surface area contributed by atoms with Crippen LogP contribution in [0, 0.1) is 5.41 Å². The minimum absolute atomic E-state index is 0.237. The number of aromatic nitrogens is 3. The van der Waals surface area contributed by atoms with Gasteiger partial charge in [0.25, 0.3) is 0 Å². The number of nitrogens with one attached hydrogen (secondary N) is 2. The van der Waals surface area contributed by atoms with E-state index >= 15 is 0 Å². The summed E-state index contributed by atoms with van der Waals surface area (Å²) >= 11 is 7.56. The smallest absolute Gasteiger partial charge is 0.408 e. The lowest BCUT2D eigenvalue weighted by molar-refractivity contribution is -0.522. The predicted molar refractivity (Wildman–Crippen MR) is 130 cm³/mol. The summed E-state index contributed by atoms with van der Waals surface area (Å²) in [4.78, 5) is 24.2. The van der Waals surface area contributed by atoms with Crippen LogP contribution < -0.4 is 26.3 Å². The highest BCUT2D eigenvalue weighted by molar-refractivity contribution is 7.99. The first-order valence-corrected chi connectivity index (χ1v) is 11.7. The molecular weight excluding hydrogens is 464 g/mol. The first kappa shape index (κ1) is 24.8. The van der Waals surface area contributed by atoms with Gasteiger partial charge in [-0.1, -0.05) is 23.4 Å². The monoisotopic (exact) mass is 493 g/mol. The molecule has 2 aromatic rings. The molecule has 3 rings (SSSR count). The molecule has 0 atom stereocenters. The van der Waals surface area contributed by atoms with Crippen molar-refractivity contribution in [3.05, 3.63) is 23.5 Å². The number of carbonyl (C=O) groups excluding carboxylic acids is 1. The van der Waals surface area contributed by atoms with E-state index in [1.807, 2.05) is 32.6 Å². The number of piperidine rings is 1. The summed E-state index contributed by atoms with van der Waals surface area (Å²) in [7, 11) is 0. The van der Waals surface area contributed by atoms with Crippen molar-refractivity contribution in [1.82, 2.24) is 15.3 Å². The third-order valence-corrected chi connectivity index (χ3v) is 6.81. The third-order valence-electron chi connectivity index (χ3n) is 5.21. The van der Waals surface area contributed by atoms with Gasteiger partial charge in [-0.25, -0.2) is 15.2 Å². The van der Waals surface area contributed by atoms with E-state index in [1.54, 1.807) is 18.5 Å². The Morgan fingerprint density at radius 2 is 2.00 bits per heavy atom. The van der Waals surface area contributed by atoms with Crippen molar-refractivity contribution in [1.29, 1.82) is 5.41 Å². The number of amides is 1. The molecule has 0 spiro atoms. The van der Waals surface area contributed by atoms with E-state index in [0.717, 1.165) is 6.34 Å². The van der Waals surface area contributed by atoms with Gasteiger partial charge in [-0.3, -0.25) is 4.90 Å². The van der Waals surface area contributed by atoms with Crippen molar-refractivity contribution in [3.63, 3.8) is 0 Å². The van der Waals surface area contributed by atoms with Gasteiger partial charge in [-0.2, -0.15) is 4.57 Å². The molecule has 0 bridgehead atoms. The summed E-state index contributed by atoms with van der Waals surface area (Å²) < 4.78 is 6.93. The Bertz CT molecular complexity index is 1050. The molecule has 12 heteroatoms. The summed E-state index contributed by atoms with van der Waals surface area (Å²) in [5.74, 6) is 1.17. The maximum atomic E-state index is 12.2. The topological polar surface area (TPSA) is 147 Å². The molecule has 0 unspecified atom stereocenters. The number of nitrogens with two attached hydrogens (primary N) is 2. The van der Waals surface area contributed by atoms with Crippen molar-refractivity contribution in [2.45, 2.75) is 61.5 Å². The Kier molecular flexibility index (Phi) is 7.23. The highest BCUT2D eigenvalue weighted by atomic mass is 35.5. The zero-order chi connectivity index (χ0) is 24.4. The largest absolute Gasteiger partial charge is 0.444 e. The molecule has 1 aliphatic rings. The van der Waals surface area contributed by atoms with Gasteiger partial charge in [0.2, 0.25) is 0 Å². The first-order valence-electron chi connectivity index (χ1n) is 10.5. The highest BCUT2D eigenvalue weighted by Gasteiger charge is 2.36. The fraction of sp³-hybridized carbons (Fsp3) is 0.476. The molecule has 0 aromatic carbocycles. The SMILES string of the molecule is CC1(NC(=O)OC(C)(C)C)CCN(c2ncc(Sc3ccnc(N)c3Cl)c(N)[n+]2C=N)CC1. The second-order valence-electron chi connectivity index (χ2n) is 9.09. The number of hydrogen-bond acceptors (Lipinski definition) is 9. The Morgan fingerprint density at radius 1 is 1.33 bits per heavy atom. The van der Waals surface area contributed by atoms with Crippen LogP contribution in [0.2, 0.25) is 5.02 Å². The first-order chi connectivity index (χ1) is 15.4. The summed E-state index contributed by atoms with van der Waals surface area (Å²) in [5.41, 5.74) is 11.2. The summed E-state index contributed by atoms with van der Waals surface area (Å²) in [6, 6.07) is 1.74. The van der Waals surface area contributed by atoms with E-state index in [1.165, 1.54) is 16.3 Å². The van der Waals surface area contributed by atoms with Crippen LogP contribution in [-0.2, 0) is 4.74 Å². The van der Waals surface area contributed by atoms with Crippen molar-refractivity contribution >= 4 is 53.4 Å². The molecule has 0 saturated carbocycles. The molecule has 6 N–H and O–H groups in total. The highest BCUT2D eigenvalue weighted by Crippen LogP contribution is 2.37. The summed E-state index contributed by atoms with van der Waals surface area (Å²) in [5, 5.41) is 11.2. The van der Waals surface area contributed by atoms with Crippen LogP contribution in [-0.4, -0.2) is 46.6 Å². The van der Waals surface area contributed by atoms with Crippen LogP contribution in [0.25, 0.3) is 0 Å². The second-order valence-corrected chi connectivity index (χ2v) is 10.6. The van der Waals surface area contributed by atoms with E-state index in [4.69, 9.17) is 33.2 Å². The molecule has 2 aromatic heterocycles. The van der Waals surface area contributed by atoms with Crippen LogP contribution in [0.1, 0.15) is 40.5 Å². The average molecular weight is 494 g/mol. The van der Waals surface area contributed by atoms with E-state index in [-0.39, 0.29) is 5.82 Å². The van der Waals surface area contributed by atoms with Gasteiger partial charge in [0, 0.05) is 16.6 Å². The number of nitrogens with zero attached hydrogens (tertiary/aromatic N) is 4. The maximum Gasteiger partial charge on any atom is 0.408 e. The summed E-state index contributed by atoms with van der Waals surface area (Å²) in [6.07, 6.45) is 5.32. The maximum absolute atomic E-state index is 12.2. The Labute approximate surface area is 202 Å². The van der Waals surface area contributed by atoms with Crippen LogP contribution in [0.4, 0.5) is 22.4 Å². The third kappa shape index (κ3) is 5.97. The minimum Gasteiger partial charge on any atom is -0.444 e. The molecule has 33 heavy (non-hydrogen) atoms. The number of rotatable bonds is 5. The van der Waals surface area contributed by atoms with E-state index in [0.29, 0.717) is 52.5 Å². The molecule has 178 valence electrons. The lowest BCUT2D eigenvalue weighted by atomic mass is 9.90. The summed E-state index contributed by atoms with van der Waals surface area (Å²) in [6.45, 7) is 8.78. The fourth-order valence-corrected chi connectivity index (χ4v) is 4.52. The van der Waals surface area contributed by atoms with Crippen molar-refractivity contribution in [3.8, 4) is 0 Å². The molecule has 0 radical (unpaired) electrons. The van der Waals surface area contributed by atoms with Gasteiger partial charge in [0.05, 0.1) is 24.3 Å². The molecular formula is C21H30ClN8O2S+. The number of halogens is 1. The van der Waals surface area contributed by atoms with E-state index < -0.39 is 17.2 Å². The number of hydrogen-bond donors (Lipinski definition) is 4. The number of nitrogen functional groups attached to an aromatic ring is 2. The Hall–Kier alpha value is -2.79. The average Bonchev–Trinajstić information content (AvgIpc) is 2.71. The number of pyridine rings is 1. The van der Waals surface area contributed by atoms with Gasteiger partial charge >= 0.3 is 12.0 Å². The van der Waals surface area contributed by atoms with Crippen LogP contribution in [0.3, 0.4) is 0 Å². The standard InChI is InChI=1S/C21H29ClN8O2S/c1-20(2,3)32-19(31)28-21(4)6-9-29(10-7-21)18-27-11-14(17(25)30(18)12-23)33-13-5-8-26-16(24)15(13)22/h5,8,11-12,23,25H,6-7,9-10H2,1-4H3,(H3,24,26,28,31)/p+1. The zero-order valence-corrected chi connectivity index (χ0v) is 20.8. The second kappa shape index (κ2) is 9.60. The van der Waals surface area contributed by atoms with Gasteiger partial charge in [0.1, 0.15) is 16.3 Å². The predicted octanol–water partition coefficient (Wildman–Crippen LogP) is 3.07. The van der Waals surface area contributed by atoms with Crippen LogP contribution >= 0.6 is 23.4 Å². The van der Waals surface area contributed by atoms with Gasteiger partial charge in [0.15, 0.2) is 12.2 Å². The lowest BCUT2D eigenvalue weighted by Gasteiger charge is -2.38. The number of carbonyl (C=O) groups is 1. The van der Waals surface area contributed by atoms with Gasteiger partial charge in [-0.05, 0) is 46.6 Å². The molecule has 1 aliphatic heterocycles. The number of anilines is 3. The van der Waals surface area contributed by atoms with Crippen LogP contribution in [0.15, 0.2) is 28.3 Å². The fourth-order valence-electron chi connectivity index (χ4n) is 3.42. The Morgan fingerprint density at radius 3 is 2.61 bits per heavy atom. The molecule has 0 aliphatic carbocycles. The van der Waals surface area contributed by atoms with E-state index in [2.05, 4.69) is 15.3 Å². The minimum atomic E-state index is -0.552. The van der Waals surface area contributed by atoms with Crippen LogP contribution in [0.5, 0.6) is 0 Å². The molecule has 1 amide bonds. The Balaban J connectivity index is 1.74. The van der Waals surface area contributed by atoms with Crippen molar-refractivity contribution < 1.29 is 14.1 Å². The van der Waals surface area contributed by atoms with Gasteiger partial charge < -0.3 is 21.5 Å². The molecule has 1 fully saturated rings. The number of alkyl carbamates (subject to hydrolysis) is 1. The quantitative estimate of drug-likeness (QED) is 0.282. The number of ether oxygens (including phenoxy) is 1. The lowest BCUT2D eigenvalue weighted by Crippen LogP contribution is -2.56. The molecule has 10 nitrogen and oxygen atoms in total. The molecule has 1 saturated heterocycles. The van der Waals surface area contributed by atoms with Gasteiger partial charge in [-0.15, -0.1) is 4.98 Å². The van der Waals surface area contributed by atoms with Crippen molar-refractivity contribution in [2.24, 2.45) is 0 Å². The molecule has 3 heterocycles. The van der Waals surface area contributed by atoms with Crippen molar-refractivity contribution in [2.75, 3.05) is 29.5 Å².